The van der Waals surface area contributed by atoms with Gasteiger partial charge in [0.1, 0.15) is 0 Å². The molecule has 0 amide bonds. The first kappa shape index (κ1) is 23.0. The quantitative estimate of drug-likeness (QED) is 0.624. The summed E-state index contributed by atoms with van der Waals surface area (Å²) in [7, 11) is 0. The van der Waals surface area contributed by atoms with Crippen LogP contribution in [0.3, 0.4) is 0 Å². The van der Waals surface area contributed by atoms with Crippen LogP contribution in [0.4, 0.5) is 0 Å². The molecule has 2 aliphatic rings. The van der Waals surface area contributed by atoms with Crippen molar-refractivity contribution < 1.29 is 48.0 Å². The predicted octanol–water partition coefficient (Wildman–Crippen LogP) is 0.0462. The Kier molecular flexibility index (Phi) is 6.39. The number of para-hydroxylation sites is 1. The summed E-state index contributed by atoms with van der Waals surface area (Å²) in [5.74, 6) is 0.806. The van der Waals surface area contributed by atoms with Gasteiger partial charge in [-0.05, 0) is 0 Å². The van der Waals surface area contributed by atoms with Gasteiger partial charge in [0.25, 0.3) is 0 Å². The summed E-state index contributed by atoms with van der Waals surface area (Å²) in [5, 5.41) is 1.44. The van der Waals surface area contributed by atoms with Crippen molar-refractivity contribution in [1.82, 2.24) is 4.98 Å². The average molecular weight is 482 g/mol. The Hall–Kier alpha value is -0.297. The maximum Gasteiger partial charge on any atom is -1.00 e. The molecule has 1 heterocycles. The number of H-pyrrole nitrogens is 1. The zero-order chi connectivity index (χ0) is 18.1. The van der Waals surface area contributed by atoms with Crippen molar-refractivity contribution in [2.75, 3.05) is 0 Å². The zero-order valence-electron chi connectivity index (χ0n) is 17.3. The summed E-state index contributed by atoms with van der Waals surface area (Å²) in [4.78, 5) is 3.88. The second kappa shape index (κ2) is 7.51. The fraction of sp³-hybridized carbons (Fsp3) is 0.478. The molecule has 2 aliphatic carbocycles. The topological polar surface area (TPSA) is 15.8 Å². The van der Waals surface area contributed by atoms with E-state index in [9.17, 15) is 0 Å². The first-order chi connectivity index (χ1) is 11.7. The number of hydrogen-bond donors (Lipinski definition) is 1. The van der Waals surface area contributed by atoms with Gasteiger partial charge in [-0.15, -0.1) is 0 Å². The van der Waals surface area contributed by atoms with E-state index in [1.165, 1.54) is 17.3 Å². The molecule has 0 aliphatic heterocycles. The number of rotatable bonds is 2. The van der Waals surface area contributed by atoms with Gasteiger partial charge < -0.3 is 24.8 Å². The van der Waals surface area contributed by atoms with E-state index in [4.69, 9.17) is 0 Å². The SMILES string of the molecule is CC1=C(C)[C]2([Zr+2][c]3[nH]c4ccccc4c3C(C)(C)C)C(=C1C)CC2C.[Cl-].[Cl-]. The fourth-order valence-corrected chi connectivity index (χ4v) is 11.0. The second-order valence-electron chi connectivity index (χ2n) is 9.06. The van der Waals surface area contributed by atoms with Crippen LogP contribution in [0.15, 0.2) is 46.6 Å². The summed E-state index contributed by atoms with van der Waals surface area (Å²) < 4.78 is 2.04. The monoisotopic (exact) mass is 479 g/mol. The Labute approximate surface area is 187 Å². The van der Waals surface area contributed by atoms with Crippen LogP contribution in [0.2, 0.25) is 3.12 Å². The molecule has 1 fully saturated rings. The normalized spacial score (nSPS) is 24.2. The zero-order valence-corrected chi connectivity index (χ0v) is 21.3. The molecular weight excluding hydrogens is 452 g/mol. The number of nitrogens with one attached hydrogen (secondary N) is 1. The summed E-state index contributed by atoms with van der Waals surface area (Å²) in [6.45, 7) is 16.7. The molecule has 0 saturated heterocycles. The molecule has 4 heteroatoms. The van der Waals surface area contributed by atoms with E-state index in [2.05, 4.69) is 77.7 Å². The molecule has 2 aromatic rings. The maximum absolute atomic E-state index is 3.88. The molecule has 1 saturated carbocycles. The van der Waals surface area contributed by atoms with E-state index < -0.39 is 23.2 Å². The van der Waals surface area contributed by atoms with Crippen molar-refractivity contribution in [3.05, 3.63) is 52.1 Å². The molecule has 1 aromatic carbocycles. The maximum atomic E-state index is 3.88. The summed E-state index contributed by atoms with van der Waals surface area (Å²) in [6, 6.07) is 8.90. The molecule has 1 aromatic heterocycles. The molecule has 2 atom stereocenters. The van der Waals surface area contributed by atoms with E-state index in [0.717, 1.165) is 5.92 Å². The van der Waals surface area contributed by atoms with E-state index in [0.29, 0.717) is 3.12 Å². The van der Waals surface area contributed by atoms with Gasteiger partial charge >= 0.3 is 164 Å². The molecule has 2 unspecified atom stereocenters. The Morgan fingerprint density at radius 3 is 2.22 bits per heavy atom. The van der Waals surface area contributed by atoms with Gasteiger partial charge in [-0.2, -0.15) is 0 Å². The van der Waals surface area contributed by atoms with Crippen molar-refractivity contribution in [2.24, 2.45) is 5.92 Å². The molecule has 1 nitrogen and oxygen atoms in total. The van der Waals surface area contributed by atoms with Gasteiger partial charge in [-0.1, -0.05) is 0 Å². The fourth-order valence-electron chi connectivity index (χ4n) is 5.14. The van der Waals surface area contributed by atoms with Crippen LogP contribution in [-0.2, 0) is 28.6 Å². The van der Waals surface area contributed by atoms with E-state index >= 15 is 0 Å². The van der Waals surface area contributed by atoms with Crippen LogP contribution in [0.1, 0.15) is 60.5 Å². The Morgan fingerprint density at radius 2 is 1.67 bits per heavy atom. The minimum atomic E-state index is -0.850. The molecule has 144 valence electrons. The predicted molar refractivity (Wildman–Crippen MR) is 104 cm³/mol. The smallest absolute Gasteiger partial charge is 1.00 e. The van der Waals surface area contributed by atoms with Crippen LogP contribution < -0.4 is 28.2 Å². The first-order valence-electron chi connectivity index (χ1n) is 9.46. The third-order valence-electron chi connectivity index (χ3n) is 6.67. The Morgan fingerprint density at radius 1 is 1.04 bits per heavy atom. The van der Waals surface area contributed by atoms with Gasteiger partial charge in [0.2, 0.25) is 0 Å². The number of halogens is 2. The summed E-state index contributed by atoms with van der Waals surface area (Å²) in [5.41, 5.74) is 9.73. The molecule has 1 N–H and O–H groups in total. The summed E-state index contributed by atoms with van der Waals surface area (Å²) in [6.07, 6.45) is 1.31. The molecule has 0 radical (unpaired) electrons. The van der Waals surface area contributed by atoms with Crippen molar-refractivity contribution in [1.29, 1.82) is 0 Å². The number of benzene rings is 1. The van der Waals surface area contributed by atoms with Crippen molar-refractivity contribution >= 4 is 14.3 Å². The number of allylic oxidation sites excluding steroid dienone is 4. The van der Waals surface area contributed by atoms with Crippen LogP contribution in [0.25, 0.3) is 10.9 Å². The number of aromatic nitrogens is 1. The van der Waals surface area contributed by atoms with Crippen molar-refractivity contribution in [2.45, 2.75) is 63.4 Å². The van der Waals surface area contributed by atoms with Crippen LogP contribution in [0, 0.1) is 5.92 Å². The number of hydrogen-bond acceptors (Lipinski definition) is 0. The summed E-state index contributed by atoms with van der Waals surface area (Å²) >= 11 is -0.850. The van der Waals surface area contributed by atoms with Gasteiger partial charge in [0.05, 0.1) is 0 Å². The molecular formula is C23H29Cl2NZr. The van der Waals surface area contributed by atoms with Gasteiger partial charge in [-0.25, -0.2) is 0 Å². The second-order valence-corrected chi connectivity index (χ2v) is 12.8. The largest absolute Gasteiger partial charge is 1.00 e. The van der Waals surface area contributed by atoms with E-state index in [1.54, 1.807) is 31.3 Å². The molecule has 4 rings (SSSR count). The molecule has 0 bridgehead atoms. The van der Waals surface area contributed by atoms with Gasteiger partial charge in [0.15, 0.2) is 0 Å². The van der Waals surface area contributed by atoms with Crippen molar-refractivity contribution in [3.63, 3.8) is 0 Å². The van der Waals surface area contributed by atoms with Gasteiger partial charge in [0, 0.05) is 0 Å². The van der Waals surface area contributed by atoms with Crippen molar-refractivity contribution in [3.8, 4) is 0 Å². The minimum absolute atomic E-state index is 0. The molecule has 27 heavy (non-hydrogen) atoms. The van der Waals surface area contributed by atoms with E-state index in [-0.39, 0.29) is 30.2 Å². The standard InChI is InChI=1S/C12H14N.C11H15.2ClH.Zr/c1-12(2,3)10-8-13-11-7-5-4-6-9(10)11;1-6-5-10-8(3)7(2)9(4)11(6)10;;;/h4-7,13H,1-3H3;6H,5H2,1-4H3;2*1H;/q;;;;+2/p-2. The van der Waals surface area contributed by atoms with Gasteiger partial charge in [-0.3, -0.25) is 0 Å². The first-order valence-corrected chi connectivity index (χ1v) is 11.9. The molecule has 0 spiro atoms. The number of fused-ring (bicyclic) bond motifs is 2. The number of aromatic amines is 1. The van der Waals surface area contributed by atoms with Crippen LogP contribution >= 0.6 is 0 Å². The Balaban J connectivity index is 0.00000131. The third kappa shape index (κ3) is 3.15. The average Bonchev–Trinajstić information content (AvgIpc) is 2.98. The minimum Gasteiger partial charge on any atom is -1.00 e. The third-order valence-corrected chi connectivity index (χ3v) is 12.1. The van der Waals surface area contributed by atoms with E-state index in [1.807, 2.05) is 0 Å². The van der Waals surface area contributed by atoms with Crippen LogP contribution in [-0.4, -0.2) is 4.98 Å². The Bertz CT molecular complexity index is 925. The van der Waals surface area contributed by atoms with Crippen LogP contribution in [0.5, 0.6) is 0 Å².